The first-order valence-corrected chi connectivity index (χ1v) is 5.77. The molecule has 0 N–H and O–H groups in total. The van der Waals surface area contributed by atoms with Crippen LogP contribution in [-0.4, -0.2) is 0 Å². The summed E-state index contributed by atoms with van der Waals surface area (Å²) < 4.78 is 0. The van der Waals surface area contributed by atoms with E-state index in [1.807, 2.05) is 0 Å². The maximum atomic E-state index is 2.22. The summed E-state index contributed by atoms with van der Waals surface area (Å²) in [5, 5.41) is 0. The van der Waals surface area contributed by atoms with Crippen molar-refractivity contribution >= 4 is 0 Å². The summed E-state index contributed by atoms with van der Waals surface area (Å²) in [6.07, 6.45) is 1.04. The fraction of sp³-hybridized carbons (Fsp3) is 0.250. The summed E-state index contributed by atoms with van der Waals surface area (Å²) in [4.78, 5) is 0. The molecule has 0 heterocycles. The van der Waals surface area contributed by atoms with Gasteiger partial charge in [0, 0.05) is 0 Å². The van der Waals surface area contributed by atoms with Crippen molar-refractivity contribution in [2.45, 2.75) is 27.2 Å². The molecule has 0 fully saturated rings. The largest absolute Gasteiger partial charge is 0.0617 e. The molecule has 0 bridgehead atoms. The highest BCUT2D eigenvalue weighted by Crippen LogP contribution is 2.18. The van der Waals surface area contributed by atoms with Crippen molar-refractivity contribution in [1.82, 2.24) is 0 Å². The number of hydrogen-bond donors (Lipinski definition) is 0. The van der Waals surface area contributed by atoms with Gasteiger partial charge in [-0.25, -0.2) is 0 Å². The molecular formula is C16H18. The van der Waals surface area contributed by atoms with E-state index in [0.29, 0.717) is 0 Å². The second-order valence-electron chi connectivity index (χ2n) is 4.53. The molecule has 0 aliphatic carbocycles. The second kappa shape index (κ2) is 4.52. The Morgan fingerprint density at radius 3 is 1.88 bits per heavy atom. The highest BCUT2D eigenvalue weighted by molar-refractivity contribution is 5.38. The van der Waals surface area contributed by atoms with Crippen molar-refractivity contribution in [3.05, 3.63) is 70.3 Å². The Hall–Kier alpha value is -1.56. The van der Waals surface area contributed by atoms with Gasteiger partial charge in [-0.3, -0.25) is 0 Å². The van der Waals surface area contributed by atoms with Crippen LogP contribution in [0.3, 0.4) is 0 Å². The Bertz CT molecular complexity index is 458. The van der Waals surface area contributed by atoms with E-state index in [2.05, 4.69) is 63.2 Å². The lowest BCUT2D eigenvalue weighted by molar-refractivity contribution is 1.12. The van der Waals surface area contributed by atoms with Crippen molar-refractivity contribution in [1.29, 1.82) is 0 Å². The number of benzene rings is 2. The van der Waals surface area contributed by atoms with E-state index in [0.717, 1.165) is 6.42 Å². The molecule has 0 aliphatic heterocycles. The first-order valence-electron chi connectivity index (χ1n) is 5.77. The van der Waals surface area contributed by atoms with Gasteiger partial charge in [0.2, 0.25) is 0 Å². The van der Waals surface area contributed by atoms with E-state index >= 15 is 0 Å². The minimum Gasteiger partial charge on any atom is -0.0617 e. The third kappa shape index (κ3) is 2.33. The number of aryl methyl sites for hydroxylation is 3. The first kappa shape index (κ1) is 10.9. The van der Waals surface area contributed by atoms with Crippen LogP contribution >= 0.6 is 0 Å². The average Bonchev–Trinajstić information content (AvgIpc) is 2.26. The predicted molar refractivity (Wildman–Crippen MR) is 69.9 cm³/mol. The van der Waals surface area contributed by atoms with Crippen LogP contribution in [0.5, 0.6) is 0 Å². The zero-order valence-corrected chi connectivity index (χ0v) is 10.2. The SMILES string of the molecule is Cc1ccc(Cc2c(C)cccc2C)cc1. The van der Waals surface area contributed by atoms with Gasteiger partial charge in [-0.05, 0) is 49.4 Å². The van der Waals surface area contributed by atoms with Crippen molar-refractivity contribution in [2.24, 2.45) is 0 Å². The van der Waals surface area contributed by atoms with E-state index in [1.165, 1.54) is 27.8 Å². The molecular weight excluding hydrogens is 192 g/mol. The lowest BCUT2D eigenvalue weighted by atomic mass is 9.96. The smallest absolute Gasteiger partial charge is 0.00205 e. The molecule has 0 radical (unpaired) electrons. The third-order valence-corrected chi connectivity index (χ3v) is 3.15. The Morgan fingerprint density at radius 1 is 0.750 bits per heavy atom. The quantitative estimate of drug-likeness (QED) is 0.696. The molecule has 0 aliphatic rings. The van der Waals surface area contributed by atoms with E-state index in [1.54, 1.807) is 0 Å². The maximum absolute atomic E-state index is 2.22. The molecule has 2 aromatic rings. The standard InChI is InChI=1S/C16H18/c1-12-7-9-15(10-8-12)11-16-13(2)5-4-6-14(16)3/h4-10H,11H2,1-3H3. The number of hydrogen-bond acceptors (Lipinski definition) is 0. The van der Waals surface area contributed by atoms with Crippen molar-refractivity contribution in [2.75, 3.05) is 0 Å². The van der Waals surface area contributed by atoms with Crippen LogP contribution < -0.4 is 0 Å². The van der Waals surface area contributed by atoms with Gasteiger partial charge >= 0.3 is 0 Å². The summed E-state index contributed by atoms with van der Waals surface area (Å²) in [6, 6.07) is 15.3. The van der Waals surface area contributed by atoms with Gasteiger partial charge < -0.3 is 0 Å². The van der Waals surface area contributed by atoms with Crippen LogP contribution in [0.4, 0.5) is 0 Å². The van der Waals surface area contributed by atoms with Gasteiger partial charge in [0.05, 0.1) is 0 Å². The van der Waals surface area contributed by atoms with Crippen molar-refractivity contribution < 1.29 is 0 Å². The Balaban J connectivity index is 2.30. The average molecular weight is 210 g/mol. The van der Waals surface area contributed by atoms with Crippen LogP contribution in [0.15, 0.2) is 42.5 Å². The molecule has 0 spiro atoms. The third-order valence-electron chi connectivity index (χ3n) is 3.15. The molecule has 0 heteroatoms. The normalized spacial score (nSPS) is 10.4. The van der Waals surface area contributed by atoms with Crippen LogP contribution in [0, 0.1) is 20.8 Å². The van der Waals surface area contributed by atoms with Crippen LogP contribution in [0.2, 0.25) is 0 Å². The highest BCUT2D eigenvalue weighted by atomic mass is 14.1. The van der Waals surface area contributed by atoms with Gasteiger partial charge in [-0.15, -0.1) is 0 Å². The Morgan fingerprint density at radius 2 is 1.31 bits per heavy atom. The minimum atomic E-state index is 1.04. The molecule has 2 rings (SSSR count). The van der Waals surface area contributed by atoms with Gasteiger partial charge in [-0.2, -0.15) is 0 Å². The van der Waals surface area contributed by atoms with Crippen molar-refractivity contribution in [3.8, 4) is 0 Å². The summed E-state index contributed by atoms with van der Waals surface area (Å²) >= 11 is 0. The lowest BCUT2D eigenvalue weighted by Gasteiger charge is -2.09. The maximum Gasteiger partial charge on any atom is -0.00205 e. The molecule has 0 aromatic heterocycles. The molecule has 0 saturated carbocycles. The molecule has 0 atom stereocenters. The molecule has 0 saturated heterocycles. The minimum absolute atomic E-state index is 1.04. The van der Waals surface area contributed by atoms with E-state index in [9.17, 15) is 0 Å². The van der Waals surface area contributed by atoms with E-state index < -0.39 is 0 Å². The molecule has 0 nitrogen and oxygen atoms in total. The molecule has 82 valence electrons. The molecule has 16 heavy (non-hydrogen) atoms. The monoisotopic (exact) mass is 210 g/mol. The van der Waals surface area contributed by atoms with Crippen molar-refractivity contribution in [3.63, 3.8) is 0 Å². The fourth-order valence-electron chi connectivity index (χ4n) is 2.04. The van der Waals surface area contributed by atoms with Gasteiger partial charge in [0.15, 0.2) is 0 Å². The predicted octanol–water partition coefficient (Wildman–Crippen LogP) is 4.20. The molecule has 0 amide bonds. The lowest BCUT2D eigenvalue weighted by Crippen LogP contribution is -1.95. The fourth-order valence-corrected chi connectivity index (χ4v) is 2.04. The Kier molecular flexibility index (Phi) is 3.09. The van der Waals surface area contributed by atoms with Gasteiger partial charge in [-0.1, -0.05) is 48.0 Å². The van der Waals surface area contributed by atoms with E-state index in [-0.39, 0.29) is 0 Å². The van der Waals surface area contributed by atoms with Crippen LogP contribution in [0.25, 0.3) is 0 Å². The first-order chi connectivity index (χ1) is 7.66. The van der Waals surface area contributed by atoms with Gasteiger partial charge in [0.25, 0.3) is 0 Å². The van der Waals surface area contributed by atoms with Crippen LogP contribution in [-0.2, 0) is 6.42 Å². The van der Waals surface area contributed by atoms with E-state index in [4.69, 9.17) is 0 Å². The van der Waals surface area contributed by atoms with Gasteiger partial charge in [0.1, 0.15) is 0 Å². The highest BCUT2D eigenvalue weighted by Gasteiger charge is 2.02. The number of rotatable bonds is 2. The summed E-state index contributed by atoms with van der Waals surface area (Å²) in [7, 11) is 0. The molecule has 0 unspecified atom stereocenters. The summed E-state index contributed by atoms with van der Waals surface area (Å²) in [5.74, 6) is 0. The Labute approximate surface area is 97.9 Å². The zero-order valence-electron chi connectivity index (χ0n) is 10.2. The topological polar surface area (TPSA) is 0 Å². The second-order valence-corrected chi connectivity index (χ2v) is 4.53. The molecule has 2 aromatic carbocycles. The summed E-state index contributed by atoms with van der Waals surface area (Å²) in [5.41, 5.74) is 6.96. The zero-order chi connectivity index (χ0) is 11.5. The van der Waals surface area contributed by atoms with Crippen LogP contribution in [0.1, 0.15) is 27.8 Å². The summed E-state index contributed by atoms with van der Waals surface area (Å²) in [6.45, 7) is 6.51.